The summed E-state index contributed by atoms with van der Waals surface area (Å²) in [7, 11) is -3.98. The number of rotatable bonds is 4. The zero-order chi connectivity index (χ0) is 24.6. The Morgan fingerprint density at radius 1 is 0.971 bits per heavy atom. The van der Waals surface area contributed by atoms with Crippen molar-refractivity contribution in [2.75, 3.05) is 5.32 Å². The van der Waals surface area contributed by atoms with Gasteiger partial charge < -0.3 is 5.32 Å². The van der Waals surface area contributed by atoms with Gasteiger partial charge in [-0.1, -0.05) is 30.3 Å². The Morgan fingerprint density at radius 2 is 1.56 bits per heavy atom. The number of anilines is 1. The molecule has 0 spiro atoms. The van der Waals surface area contributed by atoms with Crippen molar-refractivity contribution in [3.8, 4) is 6.07 Å². The standard InChI is InChI=1S/C27H27N3O3S/c1-17-13-18(2)20(4)26(19(17)3)34(32,33)30-16-23-8-6-5-7-22(23)14-25(30)27(31)29-24-11-9-21(15-28)10-12-24/h5-13,25H,14,16H2,1-4H3,(H,29,31)/t25-/m0/s1. The number of fused-ring (bicyclic) bond motifs is 1. The number of hydrogen-bond donors (Lipinski definition) is 1. The topological polar surface area (TPSA) is 90.3 Å². The highest BCUT2D eigenvalue weighted by molar-refractivity contribution is 7.89. The Bertz CT molecular complexity index is 1390. The van der Waals surface area contributed by atoms with Crippen molar-refractivity contribution in [2.24, 2.45) is 0 Å². The molecule has 6 nitrogen and oxygen atoms in total. The number of hydrogen-bond acceptors (Lipinski definition) is 4. The monoisotopic (exact) mass is 473 g/mol. The van der Waals surface area contributed by atoms with Crippen LogP contribution in [0.2, 0.25) is 0 Å². The van der Waals surface area contributed by atoms with Crippen molar-refractivity contribution in [1.82, 2.24) is 4.31 Å². The molecule has 7 heteroatoms. The van der Waals surface area contributed by atoms with Gasteiger partial charge in [-0.3, -0.25) is 4.79 Å². The van der Waals surface area contributed by atoms with Crippen LogP contribution in [0.4, 0.5) is 5.69 Å². The quantitative estimate of drug-likeness (QED) is 0.602. The molecule has 1 aliphatic heterocycles. The minimum atomic E-state index is -3.98. The van der Waals surface area contributed by atoms with Crippen LogP contribution in [0.15, 0.2) is 59.5 Å². The van der Waals surface area contributed by atoms with Gasteiger partial charge in [0.05, 0.1) is 16.5 Å². The lowest BCUT2D eigenvalue weighted by Gasteiger charge is -2.36. The van der Waals surface area contributed by atoms with E-state index in [0.29, 0.717) is 22.4 Å². The largest absolute Gasteiger partial charge is 0.325 e. The van der Waals surface area contributed by atoms with Gasteiger partial charge in [-0.15, -0.1) is 0 Å². The summed E-state index contributed by atoms with van der Waals surface area (Å²) in [6.07, 6.45) is 0.278. The third-order valence-corrected chi connectivity index (χ3v) is 8.78. The Morgan fingerprint density at radius 3 is 2.15 bits per heavy atom. The molecule has 0 saturated carbocycles. The zero-order valence-corrected chi connectivity index (χ0v) is 20.5. The van der Waals surface area contributed by atoms with E-state index in [0.717, 1.165) is 22.3 Å². The normalized spacial score (nSPS) is 15.9. The summed E-state index contributed by atoms with van der Waals surface area (Å²) in [6, 6.07) is 17.3. The second-order valence-electron chi connectivity index (χ2n) is 8.81. The van der Waals surface area contributed by atoms with Crippen LogP contribution in [0.5, 0.6) is 0 Å². The summed E-state index contributed by atoms with van der Waals surface area (Å²) < 4.78 is 29.5. The molecule has 0 fully saturated rings. The molecular formula is C27H27N3O3S. The van der Waals surface area contributed by atoms with Crippen LogP contribution in [0.3, 0.4) is 0 Å². The Balaban J connectivity index is 1.78. The molecule has 0 aromatic heterocycles. The van der Waals surface area contributed by atoms with E-state index in [-0.39, 0.29) is 17.9 Å². The molecule has 0 saturated heterocycles. The lowest BCUT2D eigenvalue weighted by atomic mass is 9.95. The molecule has 34 heavy (non-hydrogen) atoms. The van der Waals surface area contributed by atoms with E-state index in [2.05, 4.69) is 5.32 Å². The summed E-state index contributed by atoms with van der Waals surface area (Å²) in [5.41, 5.74) is 6.06. The zero-order valence-electron chi connectivity index (χ0n) is 19.7. The van der Waals surface area contributed by atoms with E-state index in [1.807, 2.05) is 64.1 Å². The number of sulfonamides is 1. The lowest BCUT2D eigenvalue weighted by Crippen LogP contribution is -2.50. The molecule has 3 aromatic rings. The Labute approximate surface area is 200 Å². The van der Waals surface area contributed by atoms with Crippen molar-refractivity contribution in [2.45, 2.75) is 51.6 Å². The Hall–Kier alpha value is -3.47. The van der Waals surface area contributed by atoms with Gasteiger partial charge in [-0.05, 0) is 91.8 Å². The molecule has 4 rings (SSSR count). The minimum Gasteiger partial charge on any atom is -0.325 e. The van der Waals surface area contributed by atoms with Crippen molar-refractivity contribution >= 4 is 21.6 Å². The summed E-state index contributed by atoms with van der Waals surface area (Å²) >= 11 is 0. The molecule has 0 aliphatic carbocycles. The molecule has 174 valence electrons. The number of nitrogens with one attached hydrogen (secondary N) is 1. The highest BCUT2D eigenvalue weighted by Crippen LogP contribution is 2.34. The number of carbonyl (C=O) groups is 1. The Kier molecular flexibility index (Phi) is 6.30. The first-order valence-electron chi connectivity index (χ1n) is 11.1. The van der Waals surface area contributed by atoms with Crippen LogP contribution < -0.4 is 5.32 Å². The second-order valence-corrected chi connectivity index (χ2v) is 10.6. The van der Waals surface area contributed by atoms with Crippen molar-refractivity contribution in [1.29, 1.82) is 5.26 Å². The summed E-state index contributed by atoms with van der Waals surface area (Å²) in [5.74, 6) is -0.400. The fraction of sp³-hybridized carbons (Fsp3) is 0.259. The van der Waals surface area contributed by atoms with Crippen LogP contribution >= 0.6 is 0 Å². The van der Waals surface area contributed by atoms with Gasteiger partial charge in [0.25, 0.3) is 0 Å². The van der Waals surface area contributed by atoms with Crippen LogP contribution in [0, 0.1) is 39.0 Å². The highest BCUT2D eigenvalue weighted by atomic mass is 32.2. The molecule has 0 radical (unpaired) electrons. The molecule has 0 bridgehead atoms. The fourth-order valence-corrected chi connectivity index (χ4v) is 6.66. The van der Waals surface area contributed by atoms with E-state index in [9.17, 15) is 13.2 Å². The van der Waals surface area contributed by atoms with Crippen LogP contribution in [-0.4, -0.2) is 24.7 Å². The van der Waals surface area contributed by atoms with Gasteiger partial charge in [0.15, 0.2) is 0 Å². The van der Waals surface area contributed by atoms with Crippen molar-refractivity contribution < 1.29 is 13.2 Å². The average molecular weight is 474 g/mol. The number of amides is 1. The third kappa shape index (κ3) is 4.23. The maximum atomic E-state index is 14.1. The van der Waals surface area contributed by atoms with E-state index < -0.39 is 22.0 Å². The van der Waals surface area contributed by atoms with E-state index in [1.54, 1.807) is 24.3 Å². The molecule has 3 aromatic carbocycles. The van der Waals surface area contributed by atoms with Crippen LogP contribution in [0.1, 0.15) is 38.9 Å². The van der Waals surface area contributed by atoms with Gasteiger partial charge >= 0.3 is 0 Å². The van der Waals surface area contributed by atoms with Crippen LogP contribution in [-0.2, 0) is 27.8 Å². The first kappa shape index (κ1) is 23.7. The van der Waals surface area contributed by atoms with Crippen LogP contribution in [0.25, 0.3) is 0 Å². The summed E-state index contributed by atoms with van der Waals surface area (Å²) in [5, 5.41) is 11.9. The summed E-state index contributed by atoms with van der Waals surface area (Å²) in [4.78, 5) is 13.7. The number of nitrogens with zero attached hydrogens (tertiary/aromatic N) is 2. The third-order valence-electron chi connectivity index (χ3n) is 6.65. The smallest absolute Gasteiger partial charge is 0.244 e. The predicted octanol–water partition coefficient (Wildman–Crippen LogP) is 4.55. The van der Waals surface area contributed by atoms with Gasteiger partial charge in [0.2, 0.25) is 15.9 Å². The van der Waals surface area contributed by atoms with Gasteiger partial charge in [-0.2, -0.15) is 9.57 Å². The number of benzene rings is 3. The predicted molar refractivity (Wildman–Crippen MR) is 132 cm³/mol. The molecule has 1 heterocycles. The molecule has 1 N–H and O–H groups in total. The maximum absolute atomic E-state index is 14.1. The van der Waals surface area contributed by atoms with E-state index >= 15 is 0 Å². The van der Waals surface area contributed by atoms with E-state index in [4.69, 9.17) is 5.26 Å². The molecule has 1 atom stereocenters. The highest BCUT2D eigenvalue weighted by Gasteiger charge is 2.41. The number of nitriles is 1. The average Bonchev–Trinajstić information content (AvgIpc) is 2.82. The number of carbonyl (C=O) groups excluding carboxylic acids is 1. The second kappa shape index (κ2) is 9.05. The molecular weight excluding hydrogens is 446 g/mol. The van der Waals surface area contributed by atoms with Gasteiger partial charge in [0, 0.05) is 12.2 Å². The maximum Gasteiger partial charge on any atom is 0.244 e. The summed E-state index contributed by atoms with van der Waals surface area (Å²) in [6.45, 7) is 7.56. The lowest BCUT2D eigenvalue weighted by molar-refractivity contribution is -0.120. The minimum absolute atomic E-state index is 0.121. The SMILES string of the molecule is Cc1cc(C)c(C)c(S(=O)(=O)N2Cc3ccccc3C[C@H]2C(=O)Nc2ccc(C#N)cc2)c1C. The molecule has 1 aliphatic rings. The fourth-order valence-electron chi connectivity index (χ4n) is 4.51. The van der Waals surface area contributed by atoms with Crippen molar-refractivity contribution in [3.05, 3.63) is 93.5 Å². The van der Waals surface area contributed by atoms with Gasteiger partial charge in [-0.25, -0.2) is 8.42 Å². The molecule has 1 amide bonds. The first-order chi connectivity index (χ1) is 16.1. The van der Waals surface area contributed by atoms with E-state index in [1.165, 1.54) is 4.31 Å². The number of aryl methyl sites for hydroxylation is 2. The molecule has 0 unspecified atom stereocenters. The van der Waals surface area contributed by atoms with Crippen molar-refractivity contribution in [3.63, 3.8) is 0 Å². The first-order valence-corrected chi connectivity index (χ1v) is 12.5. The van der Waals surface area contributed by atoms with Gasteiger partial charge in [0.1, 0.15) is 6.04 Å².